The van der Waals surface area contributed by atoms with Gasteiger partial charge in [-0.3, -0.25) is 9.59 Å². The Morgan fingerprint density at radius 1 is 0.446 bits per heavy atom. The molecule has 0 fully saturated rings. The SMILES string of the molecule is CCCCCCc1cccc(C(=O)[O-])c1.CCCCCc1cc(CC(C)=O)ccc1O.CCCCCc1ccc(O)c(CC(=O)[O-])c1.CCCCCc1cccc(CC(C)=O)c1O.[Na+].[Na+]. The van der Waals surface area contributed by atoms with Crippen molar-refractivity contribution in [3.8, 4) is 17.2 Å². The Labute approximate surface area is 434 Å². The molecule has 0 atom stereocenters. The Hall–Kier alpha value is -3.44. The molecule has 0 aliphatic rings. The maximum Gasteiger partial charge on any atom is 1.00 e. The summed E-state index contributed by atoms with van der Waals surface area (Å²) in [6.07, 6.45) is 19.3. The number of phenolic OH excluding ortho intramolecular Hbond substituents is 3. The van der Waals surface area contributed by atoms with Crippen LogP contribution in [-0.2, 0) is 59.3 Å². The summed E-state index contributed by atoms with van der Waals surface area (Å²) in [6.45, 7) is 11.8. The summed E-state index contributed by atoms with van der Waals surface area (Å²) in [5.41, 5.74) is 6.56. The van der Waals surface area contributed by atoms with Gasteiger partial charge in [0.15, 0.2) is 0 Å². The van der Waals surface area contributed by atoms with E-state index in [0.717, 1.165) is 97.6 Å². The predicted octanol–water partition coefficient (Wildman–Crippen LogP) is 4.11. The molecule has 0 saturated heterocycles. The number of aryl methyl sites for hydroxylation is 4. The van der Waals surface area contributed by atoms with Gasteiger partial charge in [-0.25, -0.2) is 0 Å². The van der Waals surface area contributed by atoms with E-state index in [1.807, 2.05) is 42.5 Å². The van der Waals surface area contributed by atoms with Crippen molar-refractivity contribution in [2.75, 3.05) is 0 Å². The van der Waals surface area contributed by atoms with Crippen LogP contribution < -0.4 is 69.3 Å². The van der Waals surface area contributed by atoms with Crippen LogP contribution in [0.15, 0.2) is 78.9 Å². The molecule has 0 amide bonds. The zero-order chi connectivity index (χ0) is 47.0. The van der Waals surface area contributed by atoms with Crippen molar-refractivity contribution in [3.05, 3.63) is 123 Å². The Kier molecular flexibility index (Phi) is 37.8. The first-order valence-corrected chi connectivity index (χ1v) is 23.1. The number of aromatic hydroxyl groups is 3. The zero-order valence-electron chi connectivity index (χ0n) is 40.9. The third-order valence-corrected chi connectivity index (χ3v) is 10.4. The van der Waals surface area contributed by atoms with Crippen LogP contribution in [0.4, 0.5) is 0 Å². The average Bonchev–Trinajstić information content (AvgIpc) is 3.24. The van der Waals surface area contributed by atoms with Gasteiger partial charge in [0.2, 0.25) is 0 Å². The van der Waals surface area contributed by atoms with E-state index in [-0.39, 0.29) is 88.4 Å². The van der Waals surface area contributed by atoms with Gasteiger partial charge in [-0.05, 0) is 122 Å². The monoisotopic (exact) mass is 913 g/mol. The summed E-state index contributed by atoms with van der Waals surface area (Å²) in [7, 11) is 0. The van der Waals surface area contributed by atoms with Crippen LogP contribution in [0.2, 0.25) is 0 Å². The van der Waals surface area contributed by atoms with Crippen LogP contribution in [0.25, 0.3) is 0 Å². The van der Waals surface area contributed by atoms with Crippen LogP contribution >= 0.6 is 0 Å². The molecule has 4 rings (SSSR count). The molecule has 346 valence electrons. The largest absolute Gasteiger partial charge is 1.00 e. The van der Waals surface area contributed by atoms with Crippen molar-refractivity contribution in [1.82, 2.24) is 0 Å². The number of carboxylic acids is 2. The first-order valence-electron chi connectivity index (χ1n) is 23.1. The van der Waals surface area contributed by atoms with Crippen molar-refractivity contribution in [2.24, 2.45) is 0 Å². The van der Waals surface area contributed by atoms with E-state index in [9.17, 15) is 44.7 Å². The number of carbonyl (C=O) groups is 4. The van der Waals surface area contributed by atoms with Crippen molar-refractivity contribution < 1.29 is 104 Å². The first-order chi connectivity index (χ1) is 30.1. The van der Waals surface area contributed by atoms with E-state index in [1.54, 1.807) is 50.2 Å². The third kappa shape index (κ3) is 29.7. The summed E-state index contributed by atoms with van der Waals surface area (Å²) < 4.78 is 0. The maximum atomic E-state index is 11.0. The van der Waals surface area contributed by atoms with Crippen LogP contribution in [0.5, 0.6) is 17.2 Å². The number of unbranched alkanes of at least 4 members (excludes halogenated alkanes) is 9. The van der Waals surface area contributed by atoms with Gasteiger partial charge in [0.05, 0.1) is 5.97 Å². The summed E-state index contributed by atoms with van der Waals surface area (Å²) in [4.78, 5) is 43.1. The fraction of sp³-hybridized carbons (Fsp3) is 0.481. The van der Waals surface area contributed by atoms with E-state index in [1.165, 1.54) is 44.9 Å². The number of ketones is 2. The molecule has 0 heterocycles. The summed E-state index contributed by atoms with van der Waals surface area (Å²) in [5, 5.41) is 50.2. The predicted molar refractivity (Wildman–Crippen MR) is 250 cm³/mol. The van der Waals surface area contributed by atoms with Gasteiger partial charge in [-0.15, -0.1) is 0 Å². The summed E-state index contributed by atoms with van der Waals surface area (Å²) in [5.74, 6) is -1.32. The van der Waals surface area contributed by atoms with E-state index < -0.39 is 11.9 Å². The van der Waals surface area contributed by atoms with Crippen molar-refractivity contribution in [1.29, 1.82) is 0 Å². The number of hydrogen-bond acceptors (Lipinski definition) is 9. The number of Topliss-reactive ketones (excluding diaryl/α,β-unsaturated/α-hetero) is 2. The molecule has 0 radical (unpaired) electrons. The molecule has 11 heteroatoms. The fourth-order valence-corrected chi connectivity index (χ4v) is 6.90. The summed E-state index contributed by atoms with van der Waals surface area (Å²) >= 11 is 0. The number of carbonyl (C=O) groups excluding carboxylic acids is 4. The third-order valence-electron chi connectivity index (χ3n) is 10.4. The quantitative estimate of drug-likeness (QED) is 0.0691. The molecule has 0 aliphatic carbocycles. The van der Waals surface area contributed by atoms with E-state index >= 15 is 0 Å². The number of hydrogen-bond donors (Lipinski definition) is 3. The molecule has 0 aliphatic heterocycles. The molecule has 9 nitrogen and oxygen atoms in total. The van der Waals surface area contributed by atoms with Crippen molar-refractivity contribution >= 4 is 23.5 Å². The van der Waals surface area contributed by atoms with Gasteiger partial charge in [0.1, 0.15) is 28.8 Å². The second-order valence-corrected chi connectivity index (χ2v) is 16.3. The minimum atomic E-state index is -1.17. The number of rotatable bonds is 24. The number of carboxylic acid groups (broad SMARTS) is 2. The molecular formula is C54H74Na2O9. The number of benzene rings is 4. The summed E-state index contributed by atoms with van der Waals surface area (Å²) in [6, 6.07) is 23.3. The normalized spacial score (nSPS) is 10.0. The Bertz CT molecular complexity index is 1940. The van der Waals surface area contributed by atoms with Gasteiger partial charge in [0, 0.05) is 30.8 Å². The molecule has 0 spiro atoms. The zero-order valence-corrected chi connectivity index (χ0v) is 44.9. The van der Waals surface area contributed by atoms with Crippen molar-refractivity contribution in [3.63, 3.8) is 0 Å². The second-order valence-electron chi connectivity index (χ2n) is 16.3. The molecule has 0 unspecified atom stereocenters. The number of aliphatic carboxylic acids is 1. The maximum absolute atomic E-state index is 11.0. The molecule has 3 N–H and O–H groups in total. The number of phenols is 3. The number of aromatic carboxylic acids is 1. The van der Waals surface area contributed by atoms with Crippen LogP contribution in [0.3, 0.4) is 0 Å². The second kappa shape index (κ2) is 38.6. The van der Waals surface area contributed by atoms with E-state index in [4.69, 9.17) is 0 Å². The van der Waals surface area contributed by atoms with Crippen LogP contribution in [-0.4, -0.2) is 38.8 Å². The molecule has 65 heavy (non-hydrogen) atoms. The fourth-order valence-electron chi connectivity index (χ4n) is 6.90. The molecule has 4 aromatic rings. The van der Waals surface area contributed by atoms with Gasteiger partial charge >= 0.3 is 59.1 Å². The molecule has 0 saturated carbocycles. The smallest absolute Gasteiger partial charge is 0.550 e. The van der Waals surface area contributed by atoms with Gasteiger partial charge in [-0.1, -0.05) is 146 Å². The molecule has 0 aromatic heterocycles. The van der Waals surface area contributed by atoms with Crippen LogP contribution in [0.1, 0.15) is 174 Å². The number of para-hydroxylation sites is 1. The minimum absolute atomic E-state index is 0. The van der Waals surface area contributed by atoms with Crippen LogP contribution in [0, 0.1) is 0 Å². The van der Waals surface area contributed by atoms with Gasteiger partial charge in [0.25, 0.3) is 0 Å². The minimum Gasteiger partial charge on any atom is -0.550 e. The van der Waals surface area contributed by atoms with E-state index in [0.29, 0.717) is 29.9 Å². The molecular weight excluding hydrogens is 839 g/mol. The first kappa shape index (κ1) is 63.6. The Morgan fingerprint density at radius 2 is 0.892 bits per heavy atom. The topological polar surface area (TPSA) is 175 Å². The molecule has 4 aromatic carbocycles. The Balaban J connectivity index is 0. The Morgan fingerprint density at radius 3 is 1.43 bits per heavy atom. The average molecular weight is 913 g/mol. The van der Waals surface area contributed by atoms with Gasteiger partial charge in [-0.2, -0.15) is 0 Å². The van der Waals surface area contributed by atoms with Gasteiger partial charge < -0.3 is 35.1 Å². The van der Waals surface area contributed by atoms with Crippen molar-refractivity contribution in [2.45, 2.75) is 170 Å². The molecule has 0 bridgehead atoms. The standard InChI is InChI=1S/2C14H20O2.C13H18O3.C13H18O2.2Na/c1-3-4-5-7-12-8-6-9-13(14(12)16)10-11(2)15;1-3-4-5-6-13-10-12(9-11(2)15)7-8-14(13)16;1-2-3-4-5-10-6-7-12(14)11(8-10)9-13(15)16;1-2-3-4-5-7-11-8-6-9-12(10-11)13(14)15;;/h6,8-9,16H,3-5,7,10H2,1-2H3;7-8,10,16H,3-6,9H2,1-2H3;6-8,14H,2-5,9H2,1H3,(H,15,16);6,8-10H,2-5,7H2,1H3,(H,14,15);;/q;;;;2*+1/p-2. The van der Waals surface area contributed by atoms with E-state index in [2.05, 4.69) is 27.7 Å².